The molecule has 0 amide bonds. The average Bonchev–Trinajstić information content (AvgIpc) is 3.11. The van der Waals surface area contributed by atoms with E-state index in [9.17, 15) is 4.79 Å². The number of nitrogens with zero attached hydrogens (tertiary/aromatic N) is 1. The summed E-state index contributed by atoms with van der Waals surface area (Å²) in [7, 11) is 7.88. The maximum absolute atomic E-state index is 12.3. The molecule has 4 aliphatic carbocycles. The molecule has 0 heterocycles. The Morgan fingerprint density at radius 2 is 1.76 bits per heavy atom. The van der Waals surface area contributed by atoms with Crippen LogP contribution in [0.25, 0.3) is 0 Å². The van der Waals surface area contributed by atoms with E-state index in [2.05, 4.69) is 57.1 Å². The zero-order valence-corrected chi connectivity index (χ0v) is 21.9. The Bertz CT molecular complexity index is 1040. The largest absolute Gasteiger partial charge is 0.382 e. The van der Waals surface area contributed by atoms with Gasteiger partial charge in [0.15, 0.2) is 5.78 Å². The quantitative estimate of drug-likeness (QED) is 0.531. The summed E-state index contributed by atoms with van der Waals surface area (Å²) in [6.45, 7) is 5.66. The lowest BCUT2D eigenvalue weighted by Crippen LogP contribution is -2.57. The van der Waals surface area contributed by atoms with Crippen molar-refractivity contribution in [3.8, 4) is 0 Å². The number of carbonyl (C=O) groups excluding carboxylic acids is 1. The van der Waals surface area contributed by atoms with Gasteiger partial charge in [-0.1, -0.05) is 31.6 Å². The molecule has 5 rings (SSSR count). The minimum atomic E-state index is -0.258. The van der Waals surface area contributed by atoms with Gasteiger partial charge in [0, 0.05) is 51.8 Å². The number of carbonyl (C=O) groups is 1. The highest BCUT2D eigenvalue weighted by molar-refractivity contribution is 5.93. The molecule has 184 valence electrons. The molecule has 34 heavy (non-hydrogen) atoms. The minimum absolute atomic E-state index is 0.0210. The molecule has 5 atom stereocenters. The Morgan fingerprint density at radius 1 is 1.03 bits per heavy atom. The van der Waals surface area contributed by atoms with Crippen LogP contribution in [0.5, 0.6) is 0 Å². The second kappa shape index (κ2) is 8.34. The molecule has 4 aliphatic rings. The van der Waals surface area contributed by atoms with Crippen molar-refractivity contribution < 1.29 is 14.3 Å². The van der Waals surface area contributed by atoms with Crippen molar-refractivity contribution in [3.05, 3.63) is 52.6 Å². The Hall–Kier alpha value is -1.91. The van der Waals surface area contributed by atoms with E-state index in [1.165, 1.54) is 28.8 Å². The lowest BCUT2D eigenvalue weighted by Gasteiger charge is -2.60. The fourth-order valence-corrected chi connectivity index (χ4v) is 8.47. The van der Waals surface area contributed by atoms with E-state index in [1.54, 1.807) is 5.57 Å². The number of anilines is 1. The standard InChI is InChI=1S/C30H41NO3/c1-28-15-13-21-17-23(32)11-12-24(21)27(28)25(20-7-9-22(10-8-20)31(3)4)18-29(2)26(28)14-16-30(29,34-6)19-33-5/h7-10,17,25-26H,11-16,18-19H2,1-6H3/t25-,26+,28+,29+,30-/m1/s1. The Morgan fingerprint density at radius 3 is 2.41 bits per heavy atom. The lowest BCUT2D eigenvalue weighted by atomic mass is 9.45. The van der Waals surface area contributed by atoms with Crippen molar-refractivity contribution in [2.75, 3.05) is 39.8 Å². The highest BCUT2D eigenvalue weighted by Crippen LogP contribution is 2.71. The molecule has 4 heteroatoms. The van der Waals surface area contributed by atoms with Crippen LogP contribution in [-0.4, -0.2) is 46.3 Å². The van der Waals surface area contributed by atoms with E-state index in [4.69, 9.17) is 9.47 Å². The first-order valence-corrected chi connectivity index (χ1v) is 13.0. The maximum atomic E-state index is 12.3. The van der Waals surface area contributed by atoms with Crippen molar-refractivity contribution in [1.29, 1.82) is 0 Å². The van der Waals surface area contributed by atoms with E-state index in [-0.39, 0.29) is 16.4 Å². The van der Waals surface area contributed by atoms with Crippen molar-refractivity contribution in [3.63, 3.8) is 0 Å². The molecule has 0 N–H and O–H groups in total. The van der Waals surface area contributed by atoms with Crippen LogP contribution < -0.4 is 4.90 Å². The molecule has 0 bridgehead atoms. The minimum Gasteiger partial charge on any atom is -0.382 e. The van der Waals surface area contributed by atoms with Crippen LogP contribution in [0.15, 0.2) is 47.1 Å². The van der Waals surface area contributed by atoms with Crippen LogP contribution >= 0.6 is 0 Å². The number of hydrogen-bond donors (Lipinski definition) is 0. The molecule has 0 aromatic heterocycles. The lowest BCUT2D eigenvalue weighted by molar-refractivity contribution is -0.158. The third kappa shape index (κ3) is 3.28. The Labute approximate surface area is 205 Å². The van der Waals surface area contributed by atoms with E-state index in [0.29, 0.717) is 30.6 Å². The van der Waals surface area contributed by atoms with Crippen molar-refractivity contribution in [2.45, 2.75) is 70.3 Å². The first-order chi connectivity index (χ1) is 16.2. The van der Waals surface area contributed by atoms with Gasteiger partial charge in [-0.3, -0.25) is 4.79 Å². The second-order valence-corrected chi connectivity index (χ2v) is 11.8. The van der Waals surface area contributed by atoms with Gasteiger partial charge in [0.2, 0.25) is 0 Å². The van der Waals surface area contributed by atoms with Gasteiger partial charge in [-0.05, 0) is 84.8 Å². The highest BCUT2D eigenvalue weighted by atomic mass is 16.5. The molecular formula is C30H41NO3. The molecule has 2 saturated carbocycles. The monoisotopic (exact) mass is 463 g/mol. The molecular weight excluding hydrogens is 422 g/mol. The van der Waals surface area contributed by atoms with Crippen LogP contribution in [0.3, 0.4) is 0 Å². The van der Waals surface area contributed by atoms with Crippen LogP contribution in [-0.2, 0) is 14.3 Å². The molecule has 0 unspecified atom stereocenters. The summed E-state index contributed by atoms with van der Waals surface area (Å²) in [5.74, 6) is 1.18. The third-order valence-corrected chi connectivity index (χ3v) is 10.2. The SMILES string of the molecule is COC[C@]1(OC)CC[C@@H]2[C@]1(C)C[C@H](c1ccc(N(C)C)cc1)C1=C3CCC(=O)C=C3CC[C@]12C. The van der Waals surface area contributed by atoms with Gasteiger partial charge >= 0.3 is 0 Å². The van der Waals surface area contributed by atoms with Crippen molar-refractivity contribution in [1.82, 2.24) is 0 Å². The maximum Gasteiger partial charge on any atom is 0.156 e. The van der Waals surface area contributed by atoms with Gasteiger partial charge in [-0.2, -0.15) is 0 Å². The molecule has 0 aliphatic heterocycles. The first-order valence-electron chi connectivity index (χ1n) is 13.0. The average molecular weight is 464 g/mol. The number of fused-ring (bicyclic) bond motifs is 4. The summed E-state index contributed by atoms with van der Waals surface area (Å²) in [4.78, 5) is 14.5. The number of allylic oxidation sites excluding steroid dienone is 4. The van der Waals surface area contributed by atoms with Gasteiger partial charge in [0.25, 0.3) is 0 Å². The van der Waals surface area contributed by atoms with Gasteiger partial charge in [0.05, 0.1) is 12.2 Å². The predicted molar refractivity (Wildman–Crippen MR) is 137 cm³/mol. The molecule has 4 nitrogen and oxygen atoms in total. The topological polar surface area (TPSA) is 38.8 Å². The molecule has 1 aromatic carbocycles. The Kier molecular flexibility index (Phi) is 5.84. The number of ether oxygens (including phenoxy) is 2. The Balaban J connectivity index is 1.70. The predicted octanol–water partition coefficient (Wildman–Crippen LogP) is 6.07. The summed E-state index contributed by atoms with van der Waals surface area (Å²) in [5, 5.41) is 0. The fraction of sp³-hybridized carbons (Fsp3) is 0.633. The van der Waals surface area contributed by atoms with E-state index in [0.717, 1.165) is 32.1 Å². The zero-order valence-electron chi connectivity index (χ0n) is 21.9. The molecule has 2 fully saturated rings. The summed E-state index contributed by atoms with van der Waals surface area (Å²) < 4.78 is 12.2. The van der Waals surface area contributed by atoms with E-state index >= 15 is 0 Å². The van der Waals surface area contributed by atoms with Crippen LogP contribution in [0.1, 0.15) is 70.3 Å². The van der Waals surface area contributed by atoms with Gasteiger partial charge in [-0.25, -0.2) is 0 Å². The molecule has 0 radical (unpaired) electrons. The van der Waals surface area contributed by atoms with Crippen LogP contribution in [0.4, 0.5) is 5.69 Å². The molecule has 1 aromatic rings. The second-order valence-electron chi connectivity index (χ2n) is 11.8. The zero-order chi connectivity index (χ0) is 24.3. The number of hydrogen-bond acceptors (Lipinski definition) is 4. The molecule has 0 saturated heterocycles. The van der Waals surface area contributed by atoms with Crippen LogP contribution in [0.2, 0.25) is 0 Å². The van der Waals surface area contributed by atoms with E-state index < -0.39 is 0 Å². The summed E-state index contributed by atoms with van der Waals surface area (Å²) >= 11 is 0. The number of ketones is 1. The molecule has 0 spiro atoms. The van der Waals surface area contributed by atoms with E-state index in [1.807, 2.05) is 20.3 Å². The van der Waals surface area contributed by atoms with Crippen molar-refractivity contribution in [2.24, 2.45) is 16.7 Å². The summed E-state index contributed by atoms with van der Waals surface area (Å²) in [6, 6.07) is 9.18. The third-order valence-electron chi connectivity index (χ3n) is 10.2. The number of rotatable bonds is 5. The smallest absolute Gasteiger partial charge is 0.156 e. The fourth-order valence-electron chi connectivity index (χ4n) is 8.47. The van der Waals surface area contributed by atoms with Gasteiger partial charge in [0.1, 0.15) is 0 Å². The van der Waals surface area contributed by atoms with Gasteiger partial charge in [-0.15, -0.1) is 0 Å². The number of benzene rings is 1. The summed E-state index contributed by atoms with van der Waals surface area (Å²) in [6.07, 6.45) is 8.93. The highest BCUT2D eigenvalue weighted by Gasteiger charge is 2.67. The normalized spacial score (nSPS) is 37.1. The van der Waals surface area contributed by atoms with Crippen LogP contribution in [0, 0.1) is 16.7 Å². The first kappa shape index (κ1) is 23.8. The van der Waals surface area contributed by atoms with Gasteiger partial charge < -0.3 is 14.4 Å². The number of methoxy groups -OCH3 is 2. The van der Waals surface area contributed by atoms with Crippen molar-refractivity contribution >= 4 is 11.5 Å². The summed E-state index contributed by atoms with van der Waals surface area (Å²) in [5.41, 5.74) is 6.93.